The third-order valence-corrected chi connectivity index (χ3v) is 12.4. The first-order chi connectivity index (χ1) is 30.4. The predicted octanol–water partition coefficient (Wildman–Crippen LogP) is 6.05. The van der Waals surface area contributed by atoms with E-state index in [0.717, 1.165) is 115 Å². The van der Waals surface area contributed by atoms with Crippen LogP contribution in [0.15, 0.2) is 71.8 Å². The van der Waals surface area contributed by atoms with Crippen molar-refractivity contribution in [3.8, 4) is 22.5 Å². The van der Waals surface area contributed by atoms with Crippen LogP contribution in [-0.2, 0) is 10.2 Å². The van der Waals surface area contributed by atoms with Crippen LogP contribution in [0.25, 0.3) is 33.5 Å². The van der Waals surface area contributed by atoms with Crippen LogP contribution in [0.3, 0.4) is 0 Å². The van der Waals surface area contributed by atoms with Crippen molar-refractivity contribution < 1.29 is 18.9 Å². The molecular weight excluding hydrogens is 799 g/mol. The number of H-pyrrole nitrogens is 1. The zero-order valence-corrected chi connectivity index (χ0v) is 36.4. The van der Waals surface area contributed by atoms with Crippen LogP contribution in [0, 0.1) is 12.8 Å². The fourth-order valence-corrected chi connectivity index (χ4v) is 8.73. The molecule has 0 bridgehead atoms. The van der Waals surface area contributed by atoms with Gasteiger partial charge in [0.2, 0.25) is 5.91 Å². The van der Waals surface area contributed by atoms with Gasteiger partial charge in [0, 0.05) is 92.6 Å². The Bertz CT molecular complexity index is 2620. The number of hydrogen-bond donors (Lipinski definition) is 3. The molecule has 17 nitrogen and oxygen atoms in total. The Morgan fingerprint density at radius 1 is 0.873 bits per heavy atom. The van der Waals surface area contributed by atoms with Crippen LogP contribution >= 0.6 is 0 Å². The summed E-state index contributed by atoms with van der Waals surface area (Å²) in [6, 6.07) is 15.6. The summed E-state index contributed by atoms with van der Waals surface area (Å²) in [5, 5.41) is 10.2. The SMILES string of the molecule is Cc1cc(-c2ncnc3[nH]c(-c4ccc(N5CCN(CC6CCN(c7ccc(N8CCC(=O)NC8=O)nc7)CC6)CC5)nc4)cc23)ccc1[C@@H](C)NC(=O)c1nc(C(C)(C)C)no1. The number of rotatable bonds is 10. The number of aromatic nitrogens is 7. The minimum Gasteiger partial charge on any atom is -0.370 e. The van der Waals surface area contributed by atoms with Crippen molar-refractivity contribution in [1.29, 1.82) is 0 Å². The number of pyridine rings is 2. The maximum atomic E-state index is 12.9. The molecule has 3 aliphatic heterocycles. The van der Waals surface area contributed by atoms with Crippen molar-refractivity contribution in [2.75, 3.05) is 67.1 Å². The quantitative estimate of drug-likeness (QED) is 0.144. The lowest BCUT2D eigenvalue weighted by molar-refractivity contribution is -0.120. The number of aromatic amines is 1. The van der Waals surface area contributed by atoms with Gasteiger partial charge in [-0.15, -0.1) is 0 Å². The van der Waals surface area contributed by atoms with Crippen LogP contribution in [0.5, 0.6) is 0 Å². The summed E-state index contributed by atoms with van der Waals surface area (Å²) < 4.78 is 5.25. The summed E-state index contributed by atoms with van der Waals surface area (Å²) in [5.41, 5.74) is 7.11. The van der Waals surface area contributed by atoms with Crippen molar-refractivity contribution in [3.05, 3.63) is 90.1 Å². The maximum absolute atomic E-state index is 12.9. The van der Waals surface area contributed by atoms with Gasteiger partial charge in [-0.25, -0.2) is 24.7 Å². The van der Waals surface area contributed by atoms with Gasteiger partial charge >= 0.3 is 17.8 Å². The molecule has 0 unspecified atom stereocenters. The molecule has 0 aliphatic carbocycles. The van der Waals surface area contributed by atoms with Gasteiger partial charge < -0.3 is 24.6 Å². The summed E-state index contributed by atoms with van der Waals surface area (Å²) in [6.07, 6.45) is 7.87. The van der Waals surface area contributed by atoms with Crippen LogP contribution in [0.4, 0.5) is 22.1 Å². The second-order valence-electron chi connectivity index (χ2n) is 17.9. The molecule has 6 aromatic rings. The van der Waals surface area contributed by atoms with E-state index in [0.29, 0.717) is 24.1 Å². The number of benzene rings is 1. The van der Waals surface area contributed by atoms with E-state index in [9.17, 15) is 14.4 Å². The Balaban J connectivity index is 0.768. The average molecular weight is 852 g/mol. The topological polar surface area (TPSA) is 194 Å². The summed E-state index contributed by atoms with van der Waals surface area (Å²) in [6.45, 7) is 17.1. The standard InChI is InChI=1S/C46H53N13O4/c1-28-22-31(6-9-34(28)29(2)51-42(61)43-54-44(55-63-43)46(3,4)5)40-35-23-36(52-41(35)50-27-49-40)32-7-10-37(47-24-32)58-20-18-56(19-21-58)26-30-12-15-57(16-13-30)33-8-11-38(48-25-33)59-17-14-39(60)53-45(59)62/h6-11,22-25,27,29-30H,12-21,26H2,1-5H3,(H,51,61)(H,49,50,52)(H,53,60,62)/t29-/m1/s1. The minimum absolute atomic E-state index is 0.0512. The Morgan fingerprint density at radius 3 is 2.32 bits per heavy atom. The number of urea groups is 1. The van der Waals surface area contributed by atoms with Crippen molar-refractivity contribution in [3.63, 3.8) is 0 Å². The number of piperazine rings is 1. The van der Waals surface area contributed by atoms with E-state index in [2.05, 4.69) is 79.7 Å². The Hall–Kier alpha value is -6.75. The Labute approximate surface area is 365 Å². The van der Waals surface area contributed by atoms with Gasteiger partial charge in [0.15, 0.2) is 5.82 Å². The fourth-order valence-electron chi connectivity index (χ4n) is 8.73. The molecule has 326 valence electrons. The largest absolute Gasteiger partial charge is 0.370 e. The molecule has 1 atom stereocenters. The van der Waals surface area contributed by atoms with Gasteiger partial charge in [-0.05, 0) is 80.1 Å². The number of amides is 4. The molecule has 9 rings (SSSR count). The van der Waals surface area contributed by atoms with Gasteiger partial charge in [-0.1, -0.05) is 38.1 Å². The van der Waals surface area contributed by atoms with Gasteiger partial charge in [0.1, 0.15) is 23.6 Å². The number of nitrogens with one attached hydrogen (secondary N) is 3. The van der Waals surface area contributed by atoms with E-state index in [4.69, 9.17) is 9.51 Å². The monoisotopic (exact) mass is 851 g/mol. The summed E-state index contributed by atoms with van der Waals surface area (Å²) in [7, 11) is 0. The van der Waals surface area contributed by atoms with Gasteiger partial charge in [0.05, 0.1) is 23.6 Å². The first-order valence-corrected chi connectivity index (χ1v) is 21.7. The number of carbonyl (C=O) groups is 3. The molecule has 8 heterocycles. The zero-order valence-electron chi connectivity index (χ0n) is 36.4. The second kappa shape index (κ2) is 17.2. The van der Waals surface area contributed by atoms with E-state index >= 15 is 0 Å². The third kappa shape index (κ3) is 8.96. The predicted molar refractivity (Wildman–Crippen MR) is 240 cm³/mol. The van der Waals surface area contributed by atoms with Crippen LogP contribution in [0.1, 0.15) is 80.6 Å². The molecule has 0 radical (unpaired) electrons. The second-order valence-corrected chi connectivity index (χ2v) is 17.9. The molecule has 3 fully saturated rings. The highest BCUT2D eigenvalue weighted by atomic mass is 16.5. The molecule has 3 saturated heterocycles. The molecule has 3 N–H and O–H groups in total. The summed E-state index contributed by atoms with van der Waals surface area (Å²) in [5.74, 6) is 1.96. The average Bonchev–Trinajstić information content (AvgIpc) is 3.97. The van der Waals surface area contributed by atoms with Gasteiger partial charge in [-0.3, -0.25) is 24.7 Å². The van der Waals surface area contributed by atoms with Crippen LogP contribution in [-0.4, -0.2) is 110 Å². The normalized spacial score (nSPS) is 17.3. The number of piperidine rings is 1. The highest BCUT2D eigenvalue weighted by molar-refractivity contribution is 6.05. The number of nitrogens with zero attached hydrogens (tertiary/aromatic N) is 10. The number of imide groups is 1. The van der Waals surface area contributed by atoms with Crippen molar-refractivity contribution in [2.24, 2.45) is 5.92 Å². The number of anilines is 3. The van der Waals surface area contributed by atoms with E-state index in [-0.39, 0.29) is 29.7 Å². The smallest absolute Gasteiger partial charge is 0.329 e. The van der Waals surface area contributed by atoms with Crippen LogP contribution in [0.2, 0.25) is 0 Å². The molecule has 1 aromatic carbocycles. The van der Waals surface area contributed by atoms with Gasteiger partial charge in [-0.2, -0.15) is 4.98 Å². The first kappa shape index (κ1) is 41.6. The van der Waals surface area contributed by atoms with E-state index in [1.54, 1.807) is 6.33 Å². The van der Waals surface area contributed by atoms with Gasteiger partial charge in [0.25, 0.3) is 0 Å². The number of carbonyl (C=O) groups excluding carboxylic acids is 3. The summed E-state index contributed by atoms with van der Waals surface area (Å²) in [4.78, 5) is 71.9. The lowest BCUT2D eigenvalue weighted by Gasteiger charge is -2.39. The summed E-state index contributed by atoms with van der Waals surface area (Å²) >= 11 is 0. The van der Waals surface area contributed by atoms with E-state index in [1.807, 2.05) is 71.3 Å². The van der Waals surface area contributed by atoms with Crippen molar-refractivity contribution >= 4 is 46.2 Å². The molecule has 3 aliphatic rings. The van der Waals surface area contributed by atoms with Crippen molar-refractivity contribution in [2.45, 2.75) is 65.3 Å². The van der Waals surface area contributed by atoms with Crippen LogP contribution < -0.4 is 25.3 Å². The van der Waals surface area contributed by atoms with E-state index in [1.165, 1.54) is 4.90 Å². The molecule has 0 spiro atoms. The highest BCUT2D eigenvalue weighted by Crippen LogP contribution is 2.33. The lowest BCUT2D eigenvalue weighted by Crippen LogP contribution is -2.50. The number of fused-ring (bicyclic) bond motifs is 1. The van der Waals surface area contributed by atoms with E-state index < -0.39 is 11.9 Å². The van der Waals surface area contributed by atoms with Crippen molar-refractivity contribution in [1.82, 2.24) is 50.6 Å². The number of hydrogen-bond acceptors (Lipinski definition) is 13. The molecular formula is C46H53N13O4. The zero-order chi connectivity index (χ0) is 43.8. The highest BCUT2D eigenvalue weighted by Gasteiger charge is 2.28. The molecule has 5 aromatic heterocycles. The Kier molecular flexibility index (Phi) is 11.4. The lowest BCUT2D eigenvalue weighted by atomic mass is 9.95. The fraction of sp³-hybridized carbons (Fsp3) is 0.413. The first-order valence-electron chi connectivity index (χ1n) is 21.7. The third-order valence-electron chi connectivity index (χ3n) is 12.4. The molecule has 17 heteroatoms. The maximum Gasteiger partial charge on any atom is 0.329 e. The molecule has 4 amide bonds. The molecule has 63 heavy (non-hydrogen) atoms. The number of aryl methyl sites for hydroxylation is 1. The molecule has 0 saturated carbocycles. The Morgan fingerprint density at radius 2 is 1.63 bits per heavy atom. The minimum atomic E-state index is -0.416.